The molecule has 172 valence electrons. The molecule has 0 N–H and O–H groups in total. The van der Waals surface area contributed by atoms with Gasteiger partial charge in [-0.2, -0.15) is 0 Å². The van der Waals surface area contributed by atoms with Crippen LogP contribution in [-0.2, 0) is 30.7 Å². The van der Waals surface area contributed by atoms with E-state index in [1.165, 1.54) is 24.0 Å². The Kier molecular flexibility index (Phi) is 6.67. The van der Waals surface area contributed by atoms with Crippen molar-refractivity contribution in [1.29, 1.82) is 0 Å². The van der Waals surface area contributed by atoms with Gasteiger partial charge in [0.25, 0.3) is 5.91 Å². The van der Waals surface area contributed by atoms with Crippen LogP contribution in [0.15, 0.2) is 53.2 Å². The van der Waals surface area contributed by atoms with Gasteiger partial charge in [-0.05, 0) is 73.9 Å². The van der Waals surface area contributed by atoms with Crippen LogP contribution in [-0.4, -0.2) is 40.2 Å². The lowest BCUT2D eigenvalue weighted by molar-refractivity contribution is 0.0496. The molecule has 2 aromatic heterocycles. The van der Waals surface area contributed by atoms with Gasteiger partial charge < -0.3 is 18.9 Å². The van der Waals surface area contributed by atoms with E-state index in [-0.39, 0.29) is 24.3 Å². The maximum absolute atomic E-state index is 13.3. The number of rotatable bonds is 8. The summed E-state index contributed by atoms with van der Waals surface area (Å²) in [5.41, 5.74) is 3.88. The van der Waals surface area contributed by atoms with Crippen LogP contribution in [0, 0.1) is 0 Å². The van der Waals surface area contributed by atoms with Crippen molar-refractivity contribution < 1.29 is 18.8 Å². The highest BCUT2D eigenvalue weighted by atomic mass is 16.5. The van der Waals surface area contributed by atoms with Gasteiger partial charge in [0.1, 0.15) is 12.4 Å². The third-order valence-electron chi connectivity index (χ3n) is 6.29. The molecule has 7 nitrogen and oxygen atoms in total. The summed E-state index contributed by atoms with van der Waals surface area (Å²) in [7, 11) is 0. The van der Waals surface area contributed by atoms with Gasteiger partial charge >= 0.3 is 0 Å². The van der Waals surface area contributed by atoms with Crippen LogP contribution in [0.2, 0.25) is 0 Å². The zero-order valence-electron chi connectivity index (χ0n) is 18.7. The summed E-state index contributed by atoms with van der Waals surface area (Å²) in [6.07, 6.45) is 8.47. The van der Waals surface area contributed by atoms with Gasteiger partial charge in [-0.3, -0.25) is 9.78 Å². The second-order valence-corrected chi connectivity index (χ2v) is 8.75. The lowest BCUT2D eigenvalue weighted by atomic mass is 9.92. The number of carbonyl (C=O) groups is 1. The number of amides is 1. The molecule has 1 aliphatic carbocycles. The third-order valence-corrected chi connectivity index (χ3v) is 6.29. The van der Waals surface area contributed by atoms with Crippen LogP contribution < -0.4 is 4.74 Å². The van der Waals surface area contributed by atoms with Crippen LogP contribution in [0.1, 0.15) is 58.8 Å². The first-order valence-electron chi connectivity index (χ1n) is 11.8. The molecular weight excluding hydrogens is 418 g/mol. The van der Waals surface area contributed by atoms with E-state index in [2.05, 4.69) is 22.3 Å². The van der Waals surface area contributed by atoms with Gasteiger partial charge in [0.15, 0.2) is 11.5 Å². The average molecular weight is 448 g/mol. The van der Waals surface area contributed by atoms with Crippen molar-refractivity contribution in [3.05, 3.63) is 76.9 Å². The fraction of sp³-hybridized carbons (Fsp3) is 0.423. The van der Waals surface area contributed by atoms with Crippen LogP contribution >= 0.6 is 0 Å². The number of hydrogen-bond donors (Lipinski definition) is 0. The molecular formula is C26H29N3O4. The average Bonchev–Trinajstić information content (AvgIpc) is 3.55. The van der Waals surface area contributed by atoms with E-state index in [4.69, 9.17) is 14.0 Å². The van der Waals surface area contributed by atoms with Crippen molar-refractivity contribution in [2.75, 3.05) is 13.2 Å². The van der Waals surface area contributed by atoms with Gasteiger partial charge in [-0.25, -0.2) is 0 Å². The molecule has 1 atom stereocenters. The molecule has 0 spiro atoms. The quantitative estimate of drug-likeness (QED) is 0.511. The molecule has 0 unspecified atom stereocenters. The number of benzene rings is 1. The maximum atomic E-state index is 13.3. The standard InChI is InChI=1S/C26H29N3O4/c30-26(29(17-23-9-5-13-31-23)16-21-8-3-4-12-27-21)25-15-24(33-28-25)18-32-22-11-10-19-6-1-2-7-20(19)14-22/h3-4,8,10-12,14-15,23H,1-2,5-7,9,13,16-18H2/t23-/m0/s1. The zero-order chi connectivity index (χ0) is 22.5. The molecule has 7 heteroatoms. The summed E-state index contributed by atoms with van der Waals surface area (Å²) >= 11 is 0. The Hall–Kier alpha value is -3.19. The Bertz CT molecular complexity index is 1080. The summed E-state index contributed by atoms with van der Waals surface area (Å²) < 4.78 is 17.1. The Morgan fingerprint density at radius 1 is 1.09 bits per heavy atom. The first-order valence-corrected chi connectivity index (χ1v) is 11.8. The van der Waals surface area contributed by atoms with Gasteiger partial charge in [0.2, 0.25) is 0 Å². The molecule has 1 aliphatic heterocycles. The molecule has 0 saturated carbocycles. The number of carbonyl (C=O) groups excluding carboxylic acids is 1. The third kappa shape index (κ3) is 5.42. The molecule has 3 heterocycles. The van der Waals surface area contributed by atoms with E-state index in [1.807, 2.05) is 24.3 Å². The molecule has 2 aliphatic rings. The molecule has 3 aromatic rings. The first-order chi connectivity index (χ1) is 16.2. The van der Waals surface area contributed by atoms with E-state index in [0.717, 1.165) is 43.7 Å². The van der Waals surface area contributed by atoms with Gasteiger partial charge in [0, 0.05) is 25.4 Å². The molecule has 0 radical (unpaired) electrons. The summed E-state index contributed by atoms with van der Waals surface area (Å²) in [5, 5.41) is 4.03. The largest absolute Gasteiger partial charge is 0.486 e. The van der Waals surface area contributed by atoms with Gasteiger partial charge in [-0.15, -0.1) is 0 Å². The Morgan fingerprint density at radius 3 is 2.82 bits per heavy atom. The molecule has 0 bridgehead atoms. The summed E-state index contributed by atoms with van der Waals surface area (Å²) in [4.78, 5) is 19.4. The number of aryl methyl sites for hydroxylation is 2. The molecule has 1 fully saturated rings. The molecule has 1 amide bonds. The van der Waals surface area contributed by atoms with Crippen LogP contribution in [0.25, 0.3) is 0 Å². The minimum atomic E-state index is -0.195. The normalized spacial score (nSPS) is 17.5. The number of ether oxygens (including phenoxy) is 2. The van der Waals surface area contributed by atoms with Crippen LogP contribution in [0.3, 0.4) is 0 Å². The highest BCUT2D eigenvalue weighted by Crippen LogP contribution is 2.26. The number of nitrogens with zero attached hydrogens (tertiary/aromatic N) is 3. The van der Waals surface area contributed by atoms with E-state index >= 15 is 0 Å². The number of pyridine rings is 1. The van der Waals surface area contributed by atoms with Crippen molar-refractivity contribution in [3.63, 3.8) is 0 Å². The Morgan fingerprint density at radius 2 is 2.00 bits per heavy atom. The number of aromatic nitrogens is 2. The predicted octanol–water partition coefficient (Wildman–Crippen LogP) is 4.35. The molecule has 1 saturated heterocycles. The van der Waals surface area contributed by atoms with Gasteiger partial charge in [0.05, 0.1) is 18.3 Å². The first kappa shape index (κ1) is 21.6. The fourth-order valence-corrected chi connectivity index (χ4v) is 4.54. The van der Waals surface area contributed by atoms with E-state index in [1.54, 1.807) is 17.2 Å². The topological polar surface area (TPSA) is 77.7 Å². The van der Waals surface area contributed by atoms with E-state index < -0.39 is 0 Å². The SMILES string of the molecule is O=C(c1cc(COc2ccc3c(c2)CCCC3)on1)N(Cc1ccccn1)C[C@@H]1CCCO1. The predicted molar refractivity (Wildman–Crippen MR) is 122 cm³/mol. The fourth-order valence-electron chi connectivity index (χ4n) is 4.54. The van der Waals surface area contributed by atoms with Crippen molar-refractivity contribution >= 4 is 5.91 Å². The molecule has 33 heavy (non-hydrogen) atoms. The monoisotopic (exact) mass is 447 g/mol. The van der Waals surface area contributed by atoms with E-state index in [9.17, 15) is 4.79 Å². The number of hydrogen-bond acceptors (Lipinski definition) is 6. The zero-order valence-corrected chi connectivity index (χ0v) is 18.7. The number of fused-ring (bicyclic) bond motifs is 1. The van der Waals surface area contributed by atoms with Gasteiger partial charge in [-0.1, -0.05) is 17.3 Å². The lowest BCUT2D eigenvalue weighted by Crippen LogP contribution is -2.37. The van der Waals surface area contributed by atoms with Crippen molar-refractivity contribution in [2.24, 2.45) is 0 Å². The smallest absolute Gasteiger partial charge is 0.276 e. The van der Waals surface area contributed by atoms with Crippen molar-refractivity contribution in [3.8, 4) is 5.75 Å². The summed E-state index contributed by atoms with van der Waals surface area (Å²) in [6, 6.07) is 13.6. The second-order valence-electron chi connectivity index (χ2n) is 8.75. The molecule has 5 rings (SSSR count). The second kappa shape index (κ2) is 10.2. The Balaban J connectivity index is 1.24. The highest BCUT2D eigenvalue weighted by molar-refractivity contribution is 5.92. The minimum absolute atomic E-state index is 0.0383. The highest BCUT2D eigenvalue weighted by Gasteiger charge is 2.26. The van der Waals surface area contributed by atoms with E-state index in [0.29, 0.717) is 18.8 Å². The minimum Gasteiger partial charge on any atom is -0.486 e. The van der Waals surface area contributed by atoms with Crippen molar-refractivity contribution in [2.45, 2.75) is 57.8 Å². The molecule has 1 aromatic carbocycles. The summed E-state index contributed by atoms with van der Waals surface area (Å²) in [6.45, 7) is 1.87. The summed E-state index contributed by atoms with van der Waals surface area (Å²) in [5.74, 6) is 1.14. The van der Waals surface area contributed by atoms with Crippen molar-refractivity contribution in [1.82, 2.24) is 15.0 Å². The lowest BCUT2D eigenvalue weighted by Gasteiger charge is -2.24. The Labute approximate surface area is 193 Å². The van der Waals surface area contributed by atoms with Crippen LogP contribution in [0.5, 0.6) is 5.75 Å². The van der Waals surface area contributed by atoms with Crippen LogP contribution in [0.4, 0.5) is 0 Å². The maximum Gasteiger partial charge on any atom is 0.276 e.